The maximum absolute atomic E-state index is 10.2. The first-order valence-electron chi connectivity index (χ1n) is 1.86. The third-order valence-corrected chi connectivity index (χ3v) is 1.32. The first kappa shape index (κ1) is 5.37. The van der Waals surface area contributed by atoms with Crippen molar-refractivity contribution in [1.82, 2.24) is 5.32 Å². The molecule has 0 unspecified atom stereocenters. The smallest absolute Gasteiger partial charge is 0.303 e. The summed E-state index contributed by atoms with van der Waals surface area (Å²) in [5.74, 6) is -0.632. The van der Waals surface area contributed by atoms with Crippen molar-refractivity contribution in [2.75, 3.05) is 0 Å². The van der Waals surface area contributed by atoms with E-state index in [0.717, 1.165) is 11.8 Å². The molecule has 1 N–H and O–H groups in total. The van der Waals surface area contributed by atoms with Crippen LogP contribution in [0.25, 0.3) is 0 Å². The number of carbonyl (C=O) groups is 2. The predicted molar refractivity (Wildman–Crippen MR) is 28.6 cm³/mol. The summed E-state index contributed by atoms with van der Waals surface area (Å²) < 4.78 is 0. The molecule has 1 aliphatic heterocycles. The molecule has 0 spiro atoms. The first-order valence-corrected chi connectivity index (χ1v) is 2.67. The Kier molecular flexibility index (Phi) is 1.09. The van der Waals surface area contributed by atoms with Crippen LogP contribution in [0, 0.1) is 6.58 Å². The number of carbonyl (C=O) groups excluding carboxylic acids is 2. The minimum absolute atomic E-state index is 0.167. The summed E-state index contributed by atoms with van der Waals surface area (Å²) >= 11 is 0.723. The van der Waals surface area contributed by atoms with Crippen LogP contribution in [0.15, 0.2) is 5.03 Å². The fraction of sp³-hybridized carbons (Fsp3) is 0. The molecule has 4 heteroatoms. The zero-order valence-electron chi connectivity index (χ0n) is 3.80. The Hall–Kier alpha value is -0.770. The molecule has 0 aromatic carbocycles. The lowest BCUT2D eigenvalue weighted by Gasteiger charge is -1.81. The highest BCUT2D eigenvalue weighted by Gasteiger charge is 2.24. The van der Waals surface area contributed by atoms with Crippen LogP contribution in [0.5, 0.6) is 0 Å². The Labute approximate surface area is 50.1 Å². The molecule has 1 aliphatic rings. The summed E-state index contributed by atoms with van der Waals surface area (Å²) in [5, 5.41) is 1.76. The van der Waals surface area contributed by atoms with Gasteiger partial charge >= 0.3 is 5.91 Å². The lowest BCUT2D eigenvalue weighted by atomic mass is 10.7. The van der Waals surface area contributed by atoms with Gasteiger partial charge in [0.1, 0.15) is 0 Å². The number of thioether (sulfide) groups is 1. The van der Waals surface area contributed by atoms with E-state index in [-0.39, 0.29) is 5.03 Å². The van der Waals surface area contributed by atoms with Gasteiger partial charge in [0.05, 0.1) is 5.03 Å². The molecule has 1 fully saturated rings. The van der Waals surface area contributed by atoms with Crippen molar-refractivity contribution in [3.05, 3.63) is 11.6 Å². The molecule has 0 atom stereocenters. The van der Waals surface area contributed by atoms with E-state index < -0.39 is 11.0 Å². The highest BCUT2D eigenvalue weighted by Crippen LogP contribution is 2.17. The second kappa shape index (κ2) is 1.63. The van der Waals surface area contributed by atoms with Gasteiger partial charge in [-0.25, -0.2) is 0 Å². The summed E-state index contributed by atoms with van der Waals surface area (Å²) in [5.41, 5.74) is 0. The van der Waals surface area contributed by atoms with E-state index in [4.69, 9.17) is 6.58 Å². The molecule has 41 valence electrons. The fourth-order valence-electron chi connectivity index (χ4n) is 0.335. The lowest BCUT2D eigenvalue weighted by molar-refractivity contribution is -0.131. The van der Waals surface area contributed by atoms with Crippen molar-refractivity contribution < 1.29 is 9.59 Å². The molecule has 1 heterocycles. The highest BCUT2D eigenvalue weighted by atomic mass is 32.2. The Balaban J connectivity index is 2.79. The number of amides is 1. The monoisotopic (exact) mass is 128 g/mol. The minimum Gasteiger partial charge on any atom is -0.313 e. The van der Waals surface area contributed by atoms with Crippen LogP contribution in [0.2, 0.25) is 0 Å². The van der Waals surface area contributed by atoms with Crippen molar-refractivity contribution >= 4 is 22.8 Å². The summed E-state index contributed by atoms with van der Waals surface area (Å²) in [6, 6.07) is 0. The highest BCUT2D eigenvalue weighted by molar-refractivity contribution is 8.19. The van der Waals surface area contributed by atoms with Gasteiger partial charge in [-0.3, -0.25) is 9.59 Å². The van der Waals surface area contributed by atoms with E-state index in [9.17, 15) is 9.59 Å². The van der Waals surface area contributed by atoms with Gasteiger partial charge in [-0.1, -0.05) is 0 Å². The van der Waals surface area contributed by atoms with E-state index in [2.05, 4.69) is 5.32 Å². The van der Waals surface area contributed by atoms with E-state index in [0.29, 0.717) is 0 Å². The summed E-state index contributed by atoms with van der Waals surface area (Å²) in [6.07, 6.45) is 0. The van der Waals surface area contributed by atoms with Crippen LogP contribution in [-0.2, 0) is 9.59 Å². The van der Waals surface area contributed by atoms with Crippen LogP contribution in [0.4, 0.5) is 0 Å². The molecule has 0 aromatic heterocycles. The maximum atomic E-state index is 10.2. The second-order valence-corrected chi connectivity index (χ2v) is 2.22. The Bertz CT molecular complexity index is 157. The Morgan fingerprint density at radius 3 is 2.25 bits per heavy atom. The Morgan fingerprint density at radius 1 is 1.50 bits per heavy atom. The van der Waals surface area contributed by atoms with Crippen LogP contribution in [-0.4, -0.2) is 11.0 Å². The lowest BCUT2D eigenvalue weighted by Crippen LogP contribution is -2.17. The van der Waals surface area contributed by atoms with E-state index in [1.165, 1.54) is 0 Å². The van der Waals surface area contributed by atoms with Crippen LogP contribution in [0.3, 0.4) is 0 Å². The van der Waals surface area contributed by atoms with Crippen molar-refractivity contribution in [3.8, 4) is 0 Å². The molecule has 1 rings (SSSR count). The molecule has 0 aromatic rings. The van der Waals surface area contributed by atoms with Gasteiger partial charge in [0.15, 0.2) is 0 Å². The van der Waals surface area contributed by atoms with Crippen molar-refractivity contribution in [2.24, 2.45) is 0 Å². The average molecular weight is 128 g/mol. The largest absolute Gasteiger partial charge is 0.313 e. The SMILES string of the molecule is [CH]=C1NC(=O)C(=O)S1. The summed E-state index contributed by atoms with van der Waals surface area (Å²) in [7, 11) is 0. The van der Waals surface area contributed by atoms with Crippen molar-refractivity contribution in [2.45, 2.75) is 0 Å². The molecule has 1 radical (unpaired) electrons. The summed E-state index contributed by atoms with van der Waals surface area (Å²) in [4.78, 5) is 20.4. The number of nitrogens with one attached hydrogen (secondary N) is 1. The molecule has 1 amide bonds. The third-order valence-electron chi connectivity index (χ3n) is 0.625. The van der Waals surface area contributed by atoms with E-state index in [1.807, 2.05) is 0 Å². The predicted octanol–water partition coefficient (Wildman–Crippen LogP) is -0.350. The van der Waals surface area contributed by atoms with Crippen LogP contribution in [0.1, 0.15) is 0 Å². The minimum atomic E-state index is -0.632. The molecule has 8 heavy (non-hydrogen) atoms. The maximum Gasteiger partial charge on any atom is 0.303 e. The average Bonchev–Trinajstić information content (AvgIpc) is 1.85. The normalized spacial score (nSPS) is 19.2. The second-order valence-electron chi connectivity index (χ2n) is 1.21. The van der Waals surface area contributed by atoms with Gasteiger partial charge in [0.25, 0.3) is 5.12 Å². The molecular weight excluding hydrogens is 126 g/mol. The third kappa shape index (κ3) is 0.742. The fourth-order valence-corrected chi connectivity index (χ4v) is 0.822. The number of hydrogen-bond acceptors (Lipinski definition) is 3. The van der Waals surface area contributed by atoms with Gasteiger partial charge in [-0.05, 0) is 18.3 Å². The molecule has 3 nitrogen and oxygen atoms in total. The zero-order valence-corrected chi connectivity index (χ0v) is 4.62. The first-order chi connectivity index (χ1) is 3.70. The molecule has 0 aliphatic carbocycles. The topological polar surface area (TPSA) is 46.2 Å². The standard InChI is InChI=1S/C4H2NO2S/c1-2-5-3(6)4(7)8-2/h1H,(H,5,6). The molecule has 0 bridgehead atoms. The number of hydrogen-bond donors (Lipinski definition) is 1. The van der Waals surface area contributed by atoms with Crippen LogP contribution < -0.4 is 5.32 Å². The molecular formula is C4H2NO2S. The van der Waals surface area contributed by atoms with E-state index >= 15 is 0 Å². The van der Waals surface area contributed by atoms with Crippen molar-refractivity contribution in [3.63, 3.8) is 0 Å². The molecule has 1 saturated heterocycles. The molecule has 0 saturated carbocycles. The number of rotatable bonds is 0. The van der Waals surface area contributed by atoms with Crippen molar-refractivity contribution in [1.29, 1.82) is 0 Å². The van der Waals surface area contributed by atoms with Crippen LogP contribution >= 0.6 is 11.8 Å². The van der Waals surface area contributed by atoms with Gasteiger partial charge < -0.3 is 5.32 Å². The van der Waals surface area contributed by atoms with Gasteiger partial charge in [-0.15, -0.1) is 0 Å². The Morgan fingerprint density at radius 2 is 2.12 bits per heavy atom. The van der Waals surface area contributed by atoms with Gasteiger partial charge in [-0.2, -0.15) is 0 Å². The summed E-state index contributed by atoms with van der Waals surface area (Å²) in [6.45, 7) is 5.04. The quantitative estimate of drug-likeness (QED) is 0.453. The van der Waals surface area contributed by atoms with E-state index in [1.54, 1.807) is 0 Å². The van der Waals surface area contributed by atoms with Gasteiger partial charge in [0.2, 0.25) is 0 Å². The zero-order chi connectivity index (χ0) is 6.15. The van der Waals surface area contributed by atoms with Gasteiger partial charge in [0, 0.05) is 0 Å².